The Balaban J connectivity index is 5.94. The highest BCUT2D eigenvalue weighted by Crippen LogP contribution is 2.21. The minimum atomic E-state index is -2.16. The molecule has 0 spiro atoms. The summed E-state index contributed by atoms with van der Waals surface area (Å²) in [5, 5.41) is 5.93. The van der Waals surface area contributed by atoms with Gasteiger partial charge >= 0.3 is 0 Å². The van der Waals surface area contributed by atoms with E-state index in [0.717, 1.165) is 24.3 Å². The molecular weight excluding hydrogens is 336 g/mol. The van der Waals surface area contributed by atoms with Gasteiger partial charge in [-0.05, 0) is 24.3 Å². The van der Waals surface area contributed by atoms with Crippen molar-refractivity contribution in [1.82, 2.24) is 15.5 Å². The zero-order valence-corrected chi connectivity index (χ0v) is 14.8. The first-order chi connectivity index (χ1) is 12.4. The van der Waals surface area contributed by atoms with Crippen LogP contribution in [0.5, 0.6) is 0 Å². The number of nitrogens with one attached hydrogen (secondary N) is 2. The van der Waals surface area contributed by atoms with Crippen LogP contribution >= 0.6 is 0 Å². The van der Waals surface area contributed by atoms with Crippen molar-refractivity contribution >= 4 is 23.4 Å². The molecular formula is C18H26N4O4. The van der Waals surface area contributed by atoms with Crippen molar-refractivity contribution < 1.29 is 19.2 Å². The van der Waals surface area contributed by atoms with Gasteiger partial charge in [0.25, 0.3) is 11.8 Å². The number of nitrogens with zero attached hydrogens (tertiary/aromatic N) is 1. The van der Waals surface area contributed by atoms with E-state index in [9.17, 15) is 19.2 Å². The predicted molar refractivity (Wildman–Crippen MR) is 100 cm³/mol. The molecule has 0 fully saturated rings. The van der Waals surface area contributed by atoms with E-state index in [-0.39, 0.29) is 6.54 Å². The maximum absolute atomic E-state index is 12.6. The second-order valence-electron chi connectivity index (χ2n) is 5.13. The van der Waals surface area contributed by atoms with Gasteiger partial charge in [-0.3, -0.25) is 24.1 Å². The molecule has 0 unspecified atom stereocenters. The average molecular weight is 362 g/mol. The Morgan fingerprint density at radius 1 is 0.808 bits per heavy atom. The number of ketones is 2. The van der Waals surface area contributed by atoms with E-state index >= 15 is 0 Å². The van der Waals surface area contributed by atoms with Crippen molar-refractivity contribution in [3.05, 3.63) is 50.6 Å². The maximum Gasteiger partial charge on any atom is 0.254 e. The van der Waals surface area contributed by atoms with Gasteiger partial charge < -0.3 is 16.4 Å². The van der Waals surface area contributed by atoms with Crippen LogP contribution in [0, 0.1) is 0 Å². The van der Waals surface area contributed by atoms with E-state index in [1.807, 2.05) is 0 Å². The number of nitrogens with two attached hydrogens (primary N) is 1. The zero-order valence-electron chi connectivity index (χ0n) is 14.8. The molecule has 0 aromatic carbocycles. The van der Waals surface area contributed by atoms with Crippen LogP contribution in [0.2, 0.25) is 0 Å². The van der Waals surface area contributed by atoms with Crippen LogP contribution < -0.4 is 16.4 Å². The minimum Gasteiger partial charge on any atom is -0.329 e. The summed E-state index contributed by atoms with van der Waals surface area (Å²) in [6.07, 6.45) is 3.45. The predicted octanol–water partition coefficient (Wildman–Crippen LogP) is -0.899. The van der Waals surface area contributed by atoms with E-state index in [2.05, 4.69) is 36.9 Å². The SMILES string of the molecule is C=CC(=O)N(C(=O)C=C)C(CNCCNCCN)(C(=O)C=C)C(=O)C=C. The summed E-state index contributed by atoms with van der Waals surface area (Å²) in [5.41, 5.74) is 3.21. The molecule has 26 heavy (non-hydrogen) atoms. The lowest BCUT2D eigenvalue weighted by Gasteiger charge is -2.38. The summed E-state index contributed by atoms with van der Waals surface area (Å²) >= 11 is 0. The fourth-order valence-corrected chi connectivity index (χ4v) is 2.27. The van der Waals surface area contributed by atoms with Crippen LogP contribution in [-0.2, 0) is 19.2 Å². The molecule has 0 bridgehead atoms. The van der Waals surface area contributed by atoms with Gasteiger partial charge in [0.05, 0.1) is 0 Å². The topological polar surface area (TPSA) is 122 Å². The highest BCUT2D eigenvalue weighted by Gasteiger charge is 2.51. The molecule has 8 nitrogen and oxygen atoms in total. The van der Waals surface area contributed by atoms with Crippen molar-refractivity contribution in [2.45, 2.75) is 5.54 Å². The number of amides is 2. The van der Waals surface area contributed by atoms with E-state index in [1.165, 1.54) is 0 Å². The monoisotopic (exact) mass is 362 g/mol. The number of carbonyl (C=O) groups is 4. The highest BCUT2D eigenvalue weighted by atomic mass is 16.2. The van der Waals surface area contributed by atoms with E-state index in [4.69, 9.17) is 5.73 Å². The van der Waals surface area contributed by atoms with Crippen LogP contribution in [0.25, 0.3) is 0 Å². The van der Waals surface area contributed by atoms with Crippen LogP contribution in [0.1, 0.15) is 0 Å². The lowest BCUT2D eigenvalue weighted by molar-refractivity contribution is -0.156. The number of hydrogen-bond acceptors (Lipinski definition) is 7. The van der Waals surface area contributed by atoms with Crippen molar-refractivity contribution in [1.29, 1.82) is 0 Å². The molecule has 142 valence electrons. The van der Waals surface area contributed by atoms with Gasteiger partial charge in [0, 0.05) is 32.7 Å². The fourth-order valence-electron chi connectivity index (χ4n) is 2.27. The molecule has 8 heteroatoms. The standard InChI is InChI=1S/C18H26N4O4/c1-5-14(23)18(15(24)6-2,13-21-12-11-20-10-9-19)22(16(25)7-3)17(26)8-4/h5-8,20-21H,1-4,9-13,19H2. The first-order valence-electron chi connectivity index (χ1n) is 7.95. The van der Waals surface area contributed by atoms with Gasteiger partial charge in [-0.2, -0.15) is 0 Å². The second-order valence-corrected chi connectivity index (χ2v) is 5.13. The minimum absolute atomic E-state index is 0.313. The maximum atomic E-state index is 12.6. The molecule has 0 aliphatic rings. The quantitative estimate of drug-likeness (QED) is 0.208. The Labute approximate surface area is 153 Å². The van der Waals surface area contributed by atoms with E-state index in [0.29, 0.717) is 31.1 Å². The van der Waals surface area contributed by atoms with E-state index < -0.39 is 28.9 Å². The van der Waals surface area contributed by atoms with Gasteiger partial charge in [-0.15, -0.1) is 0 Å². The molecule has 0 rings (SSSR count). The molecule has 0 aliphatic carbocycles. The van der Waals surface area contributed by atoms with Gasteiger partial charge in [-0.25, -0.2) is 0 Å². The molecule has 4 N–H and O–H groups in total. The van der Waals surface area contributed by atoms with Gasteiger partial charge in [-0.1, -0.05) is 26.3 Å². The van der Waals surface area contributed by atoms with Crippen molar-refractivity contribution in [3.63, 3.8) is 0 Å². The first kappa shape index (κ1) is 23.3. The fraction of sp³-hybridized carbons (Fsp3) is 0.333. The summed E-state index contributed by atoms with van der Waals surface area (Å²) in [6.45, 7) is 15.0. The Morgan fingerprint density at radius 3 is 1.65 bits per heavy atom. The molecule has 0 heterocycles. The molecule has 0 aliphatic heterocycles. The lowest BCUT2D eigenvalue weighted by atomic mass is 9.85. The molecule has 2 amide bonds. The Bertz CT molecular complexity index is 558. The summed E-state index contributed by atoms with van der Waals surface area (Å²) in [5.74, 6) is -3.47. The van der Waals surface area contributed by atoms with Crippen LogP contribution in [0.4, 0.5) is 0 Å². The zero-order chi connectivity index (χ0) is 20.2. The largest absolute Gasteiger partial charge is 0.329 e. The third-order valence-electron chi connectivity index (χ3n) is 3.54. The second kappa shape index (κ2) is 11.8. The van der Waals surface area contributed by atoms with Crippen LogP contribution in [-0.4, -0.2) is 66.5 Å². The van der Waals surface area contributed by atoms with Crippen molar-refractivity contribution in [3.8, 4) is 0 Å². The number of rotatable bonds is 14. The van der Waals surface area contributed by atoms with E-state index in [1.54, 1.807) is 0 Å². The summed E-state index contributed by atoms with van der Waals surface area (Å²) < 4.78 is 0. The summed E-state index contributed by atoms with van der Waals surface area (Å²) in [6, 6.07) is 0. The molecule has 0 saturated carbocycles. The first-order valence-corrected chi connectivity index (χ1v) is 7.95. The third kappa shape index (κ3) is 5.41. The van der Waals surface area contributed by atoms with Gasteiger partial charge in [0.1, 0.15) is 0 Å². The Hall–Kier alpha value is -2.68. The van der Waals surface area contributed by atoms with Gasteiger partial charge in [0.15, 0.2) is 17.1 Å². The summed E-state index contributed by atoms with van der Waals surface area (Å²) in [4.78, 5) is 50.3. The number of carbonyl (C=O) groups excluding carboxylic acids is 4. The molecule has 0 atom stereocenters. The van der Waals surface area contributed by atoms with Crippen molar-refractivity contribution in [2.75, 3.05) is 32.7 Å². The van der Waals surface area contributed by atoms with Crippen molar-refractivity contribution in [2.24, 2.45) is 5.73 Å². The summed E-state index contributed by atoms with van der Waals surface area (Å²) in [7, 11) is 0. The normalized spacial score (nSPS) is 10.5. The lowest BCUT2D eigenvalue weighted by Crippen LogP contribution is -2.67. The third-order valence-corrected chi connectivity index (χ3v) is 3.54. The van der Waals surface area contributed by atoms with Crippen LogP contribution in [0.15, 0.2) is 50.6 Å². The van der Waals surface area contributed by atoms with Gasteiger partial charge in [0.2, 0.25) is 0 Å². The molecule has 0 saturated heterocycles. The average Bonchev–Trinajstić information content (AvgIpc) is 2.67. The molecule has 0 aromatic heterocycles. The molecule has 0 radical (unpaired) electrons. The number of hydrogen-bond donors (Lipinski definition) is 3. The highest BCUT2D eigenvalue weighted by molar-refractivity contribution is 6.25. The van der Waals surface area contributed by atoms with Crippen LogP contribution in [0.3, 0.4) is 0 Å². The smallest absolute Gasteiger partial charge is 0.254 e. The Kier molecular flexibility index (Phi) is 10.6. The number of imide groups is 1. The Morgan fingerprint density at radius 2 is 1.27 bits per heavy atom. The molecule has 0 aromatic rings.